The van der Waals surface area contributed by atoms with Gasteiger partial charge in [-0.05, 0) is 25.7 Å². The van der Waals surface area contributed by atoms with Crippen molar-refractivity contribution in [2.75, 3.05) is 52.3 Å². The molecule has 1 saturated carbocycles. The summed E-state index contributed by atoms with van der Waals surface area (Å²) in [4.78, 5) is 32.0. The Hall–Kier alpha value is -0.710. The van der Waals surface area contributed by atoms with Gasteiger partial charge in [0, 0.05) is 57.7 Å². The number of thioether (sulfide) groups is 1. The average molecular weight is 497 g/mol. The molecule has 1 heterocycles. The van der Waals surface area contributed by atoms with E-state index in [2.05, 4.69) is 15.6 Å². The Morgan fingerprint density at radius 2 is 1.77 bits per heavy atom. The maximum absolute atomic E-state index is 12.6. The van der Waals surface area contributed by atoms with Gasteiger partial charge in [0.05, 0.1) is 6.54 Å². The summed E-state index contributed by atoms with van der Waals surface area (Å²) in [7, 11) is 5.18. The molecule has 2 aliphatic rings. The number of carbonyl (C=O) groups is 2. The van der Waals surface area contributed by atoms with E-state index in [1.165, 1.54) is 0 Å². The number of hydrogen-bond acceptors (Lipinski definition) is 4. The zero-order chi connectivity index (χ0) is 18.2. The molecule has 2 rings (SSSR count). The highest BCUT2D eigenvalue weighted by Gasteiger charge is 2.30. The van der Waals surface area contributed by atoms with Crippen molar-refractivity contribution in [1.29, 1.82) is 0 Å². The van der Waals surface area contributed by atoms with Gasteiger partial charge in [0.15, 0.2) is 5.96 Å². The lowest BCUT2D eigenvalue weighted by Crippen LogP contribution is -2.48. The Bertz CT molecular complexity index is 490. The number of aliphatic imine (C=N–C) groups is 1. The summed E-state index contributed by atoms with van der Waals surface area (Å²) in [5, 5.41) is 6.43. The Morgan fingerprint density at radius 3 is 2.31 bits per heavy atom. The fraction of sp³-hybridized carbons (Fsp3) is 0.824. The van der Waals surface area contributed by atoms with E-state index in [-0.39, 0.29) is 42.3 Å². The normalized spacial score (nSPS) is 23.7. The minimum atomic E-state index is 0. The van der Waals surface area contributed by atoms with Crippen LogP contribution in [0.5, 0.6) is 0 Å². The zero-order valence-corrected chi connectivity index (χ0v) is 19.1. The number of carbonyl (C=O) groups excluding carboxylic acids is 2. The summed E-state index contributed by atoms with van der Waals surface area (Å²) < 4.78 is 0. The smallest absolute Gasteiger partial charge is 0.241 e. The van der Waals surface area contributed by atoms with Crippen LogP contribution in [0.25, 0.3) is 0 Å². The predicted molar refractivity (Wildman–Crippen MR) is 118 cm³/mol. The molecule has 2 N–H and O–H groups in total. The molecule has 0 aromatic rings. The van der Waals surface area contributed by atoms with Crippen LogP contribution in [0.1, 0.15) is 25.7 Å². The molecule has 0 unspecified atom stereocenters. The summed E-state index contributed by atoms with van der Waals surface area (Å²) >= 11 is 1.93. The second kappa shape index (κ2) is 11.9. The first-order chi connectivity index (χ1) is 12.0. The fourth-order valence-corrected chi connectivity index (χ4v) is 4.14. The molecule has 0 radical (unpaired) electrons. The van der Waals surface area contributed by atoms with Crippen LogP contribution >= 0.6 is 35.7 Å². The van der Waals surface area contributed by atoms with E-state index in [4.69, 9.17) is 0 Å². The molecule has 0 atom stereocenters. The van der Waals surface area contributed by atoms with E-state index >= 15 is 0 Å². The molecule has 26 heavy (non-hydrogen) atoms. The van der Waals surface area contributed by atoms with Gasteiger partial charge in [-0.2, -0.15) is 11.8 Å². The average Bonchev–Trinajstić information content (AvgIpc) is 2.65. The van der Waals surface area contributed by atoms with Crippen molar-refractivity contribution in [2.24, 2.45) is 10.9 Å². The molecule has 7 nitrogen and oxygen atoms in total. The monoisotopic (exact) mass is 497 g/mol. The van der Waals surface area contributed by atoms with E-state index in [1.54, 1.807) is 26.0 Å². The second-order valence-corrected chi connectivity index (χ2v) is 8.07. The highest BCUT2D eigenvalue weighted by Crippen LogP contribution is 2.27. The van der Waals surface area contributed by atoms with Crippen molar-refractivity contribution in [1.82, 2.24) is 20.4 Å². The molecule has 0 bridgehead atoms. The lowest BCUT2D eigenvalue weighted by atomic mass is 9.85. The van der Waals surface area contributed by atoms with Crippen molar-refractivity contribution in [3.05, 3.63) is 0 Å². The van der Waals surface area contributed by atoms with Gasteiger partial charge in [-0.1, -0.05) is 0 Å². The van der Waals surface area contributed by atoms with E-state index in [1.807, 2.05) is 16.7 Å². The third-order valence-electron chi connectivity index (χ3n) is 4.87. The SMILES string of the molecule is CN=C(NCC(=O)N(C)C)NC1CCC(C(=O)N2CCSCC2)CC1.I. The van der Waals surface area contributed by atoms with E-state index in [9.17, 15) is 9.59 Å². The lowest BCUT2D eigenvalue weighted by Gasteiger charge is -2.34. The summed E-state index contributed by atoms with van der Waals surface area (Å²) in [6.07, 6.45) is 3.77. The van der Waals surface area contributed by atoms with Crippen molar-refractivity contribution in [2.45, 2.75) is 31.7 Å². The maximum Gasteiger partial charge on any atom is 0.241 e. The highest BCUT2D eigenvalue weighted by molar-refractivity contribution is 14.0. The van der Waals surface area contributed by atoms with Crippen LogP contribution in [-0.4, -0.2) is 85.9 Å². The van der Waals surface area contributed by atoms with Gasteiger partial charge in [0.1, 0.15) is 0 Å². The molecule has 0 spiro atoms. The molecular formula is C17H32IN5O2S. The van der Waals surface area contributed by atoms with Gasteiger partial charge in [0.25, 0.3) is 0 Å². The minimum absolute atomic E-state index is 0. The number of hydrogen-bond donors (Lipinski definition) is 2. The van der Waals surface area contributed by atoms with Gasteiger partial charge in [-0.15, -0.1) is 24.0 Å². The number of nitrogens with zero attached hydrogens (tertiary/aromatic N) is 3. The van der Waals surface area contributed by atoms with Gasteiger partial charge in [-0.3, -0.25) is 14.6 Å². The number of nitrogens with one attached hydrogen (secondary N) is 2. The van der Waals surface area contributed by atoms with Crippen molar-refractivity contribution >= 4 is 53.5 Å². The molecular weight excluding hydrogens is 465 g/mol. The van der Waals surface area contributed by atoms with Crippen molar-refractivity contribution < 1.29 is 9.59 Å². The van der Waals surface area contributed by atoms with Crippen LogP contribution in [0.4, 0.5) is 0 Å². The molecule has 1 aliphatic carbocycles. The van der Waals surface area contributed by atoms with E-state index < -0.39 is 0 Å². The van der Waals surface area contributed by atoms with Gasteiger partial charge in [-0.25, -0.2) is 0 Å². The number of amides is 2. The fourth-order valence-electron chi connectivity index (χ4n) is 3.23. The lowest BCUT2D eigenvalue weighted by molar-refractivity contribution is -0.136. The topological polar surface area (TPSA) is 77.0 Å². The summed E-state index contributed by atoms with van der Waals surface area (Å²) in [5.74, 6) is 3.31. The highest BCUT2D eigenvalue weighted by atomic mass is 127. The summed E-state index contributed by atoms with van der Waals surface area (Å²) in [5.41, 5.74) is 0. The molecule has 1 saturated heterocycles. The van der Waals surface area contributed by atoms with Crippen LogP contribution < -0.4 is 10.6 Å². The van der Waals surface area contributed by atoms with E-state index in [0.29, 0.717) is 17.9 Å². The Labute approximate surface area is 178 Å². The first kappa shape index (κ1) is 23.3. The standard InChI is InChI=1S/C17H31N5O2S.HI/c1-18-17(19-12-15(23)21(2)3)20-14-6-4-13(5-7-14)16(24)22-8-10-25-11-9-22;/h13-14H,4-12H2,1-3H3,(H2,18,19,20);1H. The van der Waals surface area contributed by atoms with Crippen LogP contribution in [0.2, 0.25) is 0 Å². The minimum Gasteiger partial charge on any atom is -0.354 e. The Balaban J connectivity index is 0.00000338. The maximum atomic E-state index is 12.6. The third-order valence-corrected chi connectivity index (χ3v) is 5.81. The van der Waals surface area contributed by atoms with Crippen molar-refractivity contribution in [3.63, 3.8) is 0 Å². The number of guanidine groups is 1. The first-order valence-corrected chi connectivity index (χ1v) is 10.2. The summed E-state index contributed by atoms with van der Waals surface area (Å²) in [6.45, 7) is 2.03. The number of rotatable bonds is 4. The molecule has 9 heteroatoms. The molecule has 1 aliphatic heterocycles. The van der Waals surface area contributed by atoms with Gasteiger partial charge >= 0.3 is 0 Å². The van der Waals surface area contributed by atoms with E-state index in [0.717, 1.165) is 50.3 Å². The first-order valence-electron chi connectivity index (χ1n) is 9.05. The Kier molecular flexibility index (Phi) is 10.7. The van der Waals surface area contributed by atoms with Crippen LogP contribution in [0.3, 0.4) is 0 Å². The number of halogens is 1. The number of likely N-dealkylation sites (N-methyl/N-ethyl adjacent to an activating group) is 1. The molecule has 2 fully saturated rings. The van der Waals surface area contributed by atoms with Gasteiger partial charge in [0.2, 0.25) is 11.8 Å². The molecule has 0 aromatic heterocycles. The van der Waals surface area contributed by atoms with Gasteiger partial charge < -0.3 is 20.4 Å². The quantitative estimate of drug-likeness (QED) is 0.344. The van der Waals surface area contributed by atoms with Crippen molar-refractivity contribution in [3.8, 4) is 0 Å². The third kappa shape index (κ3) is 7.13. The largest absolute Gasteiger partial charge is 0.354 e. The zero-order valence-electron chi connectivity index (χ0n) is 16.0. The van der Waals surface area contributed by atoms with Crippen LogP contribution in [-0.2, 0) is 9.59 Å². The summed E-state index contributed by atoms with van der Waals surface area (Å²) in [6, 6.07) is 0.307. The predicted octanol–water partition coefficient (Wildman–Crippen LogP) is 0.992. The second-order valence-electron chi connectivity index (χ2n) is 6.84. The molecule has 150 valence electrons. The van der Waals surface area contributed by atoms with Crippen LogP contribution in [0, 0.1) is 5.92 Å². The molecule has 0 aromatic carbocycles. The Morgan fingerprint density at radius 1 is 1.15 bits per heavy atom. The molecule has 2 amide bonds. The van der Waals surface area contributed by atoms with Crippen LogP contribution in [0.15, 0.2) is 4.99 Å².